The summed E-state index contributed by atoms with van der Waals surface area (Å²) in [5, 5.41) is 1.02. The predicted molar refractivity (Wildman–Crippen MR) is 86.4 cm³/mol. The third-order valence-corrected chi connectivity index (χ3v) is 4.70. The molecule has 0 radical (unpaired) electrons. The lowest BCUT2D eigenvalue weighted by atomic mass is 10.1. The number of carbonyl (C=O) groups excluding carboxylic acids is 1. The number of hydrogen-bond acceptors (Lipinski definition) is 3. The summed E-state index contributed by atoms with van der Waals surface area (Å²) in [6.45, 7) is 0. The van der Waals surface area contributed by atoms with Crippen molar-refractivity contribution >= 4 is 43.3 Å². The molecule has 3 rings (SSSR count). The zero-order valence-corrected chi connectivity index (χ0v) is 13.1. The molecule has 0 saturated heterocycles. The van der Waals surface area contributed by atoms with Crippen LogP contribution in [-0.4, -0.2) is 10.8 Å². The Bertz CT molecular complexity index is 716. The first-order valence-electron chi connectivity index (χ1n) is 6.35. The maximum Gasteiger partial charge on any atom is 0.163 e. The van der Waals surface area contributed by atoms with Gasteiger partial charge < -0.3 is 0 Å². The number of Topliss-reactive ketones (excluding diaryl/α,β-unsaturated/α-hetero) is 1. The molecule has 0 atom stereocenters. The average molecular weight is 346 g/mol. The summed E-state index contributed by atoms with van der Waals surface area (Å²) < 4.78 is 2.17. The van der Waals surface area contributed by atoms with Crippen LogP contribution in [0, 0.1) is 0 Å². The van der Waals surface area contributed by atoms with Crippen LogP contribution in [0.2, 0.25) is 0 Å². The minimum Gasteiger partial charge on any atom is -0.294 e. The summed E-state index contributed by atoms with van der Waals surface area (Å²) in [6, 6.07) is 15.6. The molecule has 3 aromatic rings. The fraction of sp³-hybridized carbons (Fsp3) is 0.125. The van der Waals surface area contributed by atoms with Gasteiger partial charge in [-0.25, -0.2) is 4.98 Å². The van der Waals surface area contributed by atoms with E-state index >= 15 is 0 Å². The molecule has 1 aromatic heterocycles. The summed E-state index contributed by atoms with van der Waals surface area (Å²) in [5.74, 6) is 0.164. The largest absolute Gasteiger partial charge is 0.294 e. The molecule has 0 N–H and O–H groups in total. The third-order valence-electron chi connectivity index (χ3n) is 3.07. The van der Waals surface area contributed by atoms with Gasteiger partial charge in [0.05, 0.1) is 15.2 Å². The first-order chi connectivity index (χ1) is 9.72. The Hall–Kier alpha value is -1.52. The Morgan fingerprint density at radius 2 is 1.85 bits per heavy atom. The lowest BCUT2D eigenvalue weighted by Gasteiger charge is -1.99. The van der Waals surface area contributed by atoms with E-state index in [9.17, 15) is 4.79 Å². The van der Waals surface area contributed by atoms with E-state index in [0.717, 1.165) is 20.6 Å². The van der Waals surface area contributed by atoms with Crippen molar-refractivity contribution in [1.82, 2.24) is 4.98 Å². The summed E-state index contributed by atoms with van der Waals surface area (Å²) >= 11 is 5.04. The fourth-order valence-electron chi connectivity index (χ4n) is 2.03. The van der Waals surface area contributed by atoms with Crippen molar-refractivity contribution in [2.24, 2.45) is 0 Å². The second kappa shape index (κ2) is 5.85. The number of rotatable bonds is 4. The van der Waals surface area contributed by atoms with Gasteiger partial charge in [-0.05, 0) is 24.3 Å². The second-order valence-corrected chi connectivity index (χ2v) is 6.54. The van der Waals surface area contributed by atoms with Crippen molar-refractivity contribution < 1.29 is 4.79 Å². The van der Waals surface area contributed by atoms with Gasteiger partial charge in [0, 0.05) is 22.9 Å². The van der Waals surface area contributed by atoms with Gasteiger partial charge in [-0.15, -0.1) is 11.3 Å². The highest BCUT2D eigenvalue weighted by Crippen LogP contribution is 2.23. The van der Waals surface area contributed by atoms with Gasteiger partial charge in [0.25, 0.3) is 0 Å². The van der Waals surface area contributed by atoms with Gasteiger partial charge in [-0.2, -0.15) is 0 Å². The molecule has 0 saturated carbocycles. The zero-order chi connectivity index (χ0) is 13.9. The van der Waals surface area contributed by atoms with Crippen molar-refractivity contribution in [3.05, 3.63) is 63.6 Å². The molecule has 0 unspecified atom stereocenters. The van der Waals surface area contributed by atoms with Crippen molar-refractivity contribution in [2.75, 3.05) is 0 Å². The van der Waals surface area contributed by atoms with Crippen LogP contribution in [0.1, 0.15) is 21.8 Å². The lowest BCUT2D eigenvalue weighted by Crippen LogP contribution is -2.00. The summed E-state index contributed by atoms with van der Waals surface area (Å²) in [4.78, 5) is 16.7. The predicted octanol–water partition coefficient (Wildman–Crippen LogP) is 4.87. The molecular weight excluding hydrogens is 334 g/mol. The number of ketones is 1. The number of benzene rings is 2. The number of fused-ring (bicyclic) bond motifs is 1. The molecule has 0 bridgehead atoms. The van der Waals surface area contributed by atoms with E-state index in [-0.39, 0.29) is 5.78 Å². The molecule has 1 heterocycles. The molecule has 0 amide bonds. The Kier molecular flexibility index (Phi) is 3.94. The van der Waals surface area contributed by atoms with Crippen LogP contribution in [-0.2, 0) is 6.42 Å². The average Bonchev–Trinajstić information content (AvgIpc) is 2.88. The summed E-state index contributed by atoms with van der Waals surface area (Å²) in [6.07, 6.45) is 1.20. The highest BCUT2D eigenvalue weighted by Gasteiger charge is 2.09. The first-order valence-corrected chi connectivity index (χ1v) is 7.96. The molecule has 2 nitrogen and oxygen atoms in total. The van der Waals surface area contributed by atoms with Crippen molar-refractivity contribution in [2.45, 2.75) is 12.8 Å². The normalized spacial score (nSPS) is 10.8. The summed E-state index contributed by atoms with van der Waals surface area (Å²) in [5.41, 5.74) is 1.78. The van der Waals surface area contributed by atoms with E-state index in [0.29, 0.717) is 12.8 Å². The minimum absolute atomic E-state index is 0.164. The number of hydrogen-bond donors (Lipinski definition) is 0. The quantitative estimate of drug-likeness (QED) is 0.631. The Labute approximate surface area is 129 Å². The van der Waals surface area contributed by atoms with Crippen LogP contribution in [0.3, 0.4) is 0 Å². The van der Waals surface area contributed by atoms with E-state index in [4.69, 9.17) is 0 Å². The first kappa shape index (κ1) is 13.5. The minimum atomic E-state index is 0.164. The van der Waals surface area contributed by atoms with Gasteiger partial charge in [0.1, 0.15) is 0 Å². The topological polar surface area (TPSA) is 30.0 Å². The van der Waals surface area contributed by atoms with Crippen LogP contribution in [0.4, 0.5) is 0 Å². The van der Waals surface area contributed by atoms with Crippen LogP contribution < -0.4 is 0 Å². The molecule has 0 fully saturated rings. The van der Waals surface area contributed by atoms with Gasteiger partial charge in [-0.3, -0.25) is 4.79 Å². The number of para-hydroxylation sites is 1. The molecular formula is C16H12BrNOS. The van der Waals surface area contributed by atoms with Crippen molar-refractivity contribution in [1.29, 1.82) is 0 Å². The van der Waals surface area contributed by atoms with Gasteiger partial charge in [-0.1, -0.05) is 40.2 Å². The summed E-state index contributed by atoms with van der Waals surface area (Å²) in [7, 11) is 0. The smallest absolute Gasteiger partial charge is 0.163 e. The number of aromatic nitrogens is 1. The molecule has 0 spiro atoms. The Morgan fingerprint density at radius 3 is 2.60 bits per heavy atom. The maximum atomic E-state index is 12.1. The number of nitrogens with zero attached hydrogens (tertiary/aromatic N) is 1. The number of carbonyl (C=O) groups is 1. The molecule has 0 aliphatic carbocycles. The third kappa shape index (κ3) is 2.97. The van der Waals surface area contributed by atoms with Gasteiger partial charge in [0.15, 0.2) is 5.78 Å². The van der Waals surface area contributed by atoms with Gasteiger partial charge in [0.2, 0.25) is 0 Å². The second-order valence-electron chi connectivity index (χ2n) is 4.51. The van der Waals surface area contributed by atoms with E-state index in [1.165, 1.54) is 4.70 Å². The standard InChI is InChI=1S/C16H12BrNOS/c17-12-7-5-11(6-8-12)14(19)9-10-16-18-13-3-1-2-4-15(13)20-16/h1-8H,9-10H2. The van der Waals surface area contributed by atoms with Crippen LogP contribution in [0.25, 0.3) is 10.2 Å². The van der Waals surface area contributed by atoms with E-state index in [2.05, 4.69) is 27.0 Å². The van der Waals surface area contributed by atoms with Gasteiger partial charge >= 0.3 is 0 Å². The highest BCUT2D eigenvalue weighted by molar-refractivity contribution is 9.10. The van der Waals surface area contributed by atoms with E-state index in [1.54, 1.807) is 11.3 Å². The lowest BCUT2D eigenvalue weighted by molar-refractivity contribution is 0.0983. The highest BCUT2D eigenvalue weighted by atomic mass is 79.9. The van der Waals surface area contributed by atoms with Crippen LogP contribution in [0.5, 0.6) is 0 Å². The molecule has 0 aliphatic rings. The molecule has 0 aliphatic heterocycles. The maximum absolute atomic E-state index is 12.1. The Morgan fingerprint density at radius 1 is 1.10 bits per heavy atom. The van der Waals surface area contributed by atoms with E-state index < -0.39 is 0 Å². The number of thiazole rings is 1. The molecule has 100 valence electrons. The number of aryl methyl sites for hydroxylation is 1. The van der Waals surface area contributed by atoms with Crippen LogP contribution in [0.15, 0.2) is 53.0 Å². The van der Waals surface area contributed by atoms with Crippen LogP contribution >= 0.6 is 27.3 Å². The molecule has 20 heavy (non-hydrogen) atoms. The molecule has 4 heteroatoms. The number of halogens is 1. The fourth-order valence-corrected chi connectivity index (χ4v) is 3.26. The van der Waals surface area contributed by atoms with Crippen molar-refractivity contribution in [3.63, 3.8) is 0 Å². The van der Waals surface area contributed by atoms with E-state index in [1.807, 2.05) is 42.5 Å². The molecule has 2 aromatic carbocycles. The zero-order valence-electron chi connectivity index (χ0n) is 10.7. The van der Waals surface area contributed by atoms with Crippen molar-refractivity contribution in [3.8, 4) is 0 Å². The SMILES string of the molecule is O=C(CCc1nc2ccccc2s1)c1ccc(Br)cc1. The monoisotopic (exact) mass is 345 g/mol. The Balaban J connectivity index is 1.69.